The molecule has 2 heterocycles. The molecule has 1 aliphatic rings. The van der Waals surface area contributed by atoms with Crippen LogP contribution in [0.4, 0.5) is 9.18 Å². The maximum absolute atomic E-state index is 13.5. The maximum Gasteiger partial charge on any atom is 0.411 e. The molecule has 0 saturated carbocycles. The average molecular weight is 450 g/mol. The van der Waals surface area contributed by atoms with Crippen LogP contribution in [0.3, 0.4) is 0 Å². The van der Waals surface area contributed by atoms with E-state index in [0.717, 1.165) is 28.1 Å². The number of carbonyl (C=O) groups excluding carboxylic acids is 1. The van der Waals surface area contributed by atoms with Gasteiger partial charge in [-0.3, -0.25) is 0 Å². The molecule has 3 aromatic rings. The summed E-state index contributed by atoms with van der Waals surface area (Å²) in [6, 6.07) is 13.9. The highest BCUT2D eigenvalue weighted by atomic mass is 19.1. The molecule has 6 nitrogen and oxygen atoms in total. The van der Waals surface area contributed by atoms with E-state index < -0.39 is 11.7 Å². The summed E-state index contributed by atoms with van der Waals surface area (Å²) in [5.74, 6) is 0.386. The molecule has 1 amide bonds. The Morgan fingerprint density at radius 3 is 2.36 bits per heavy atom. The molecule has 1 fully saturated rings. The first kappa shape index (κ1) is 22.9. The van der Waals surface area contributed by atoms with E-state index in [1.165, 1.54) is 12.1 Å². The van der Waals surface area contributed by atoms with Crippen LogP contribution in [0.2, 0.25) is 0 Å². The molecular weight excluding hydrogens is 421 g/mol. The molecule has 1 N–H and O–H groups in total. The Bertz CT molecular complexity index is 1090. The number of amides is 1. The highest BCUT2D eigenvalue weighted by molar-refractivity contribution is 5.70. The molecule has 172 valence electrons. The predicted molar refractivity (Wildman–Crippen MR) is 123 cm³/mol. The summed E-state index contributed by atoms with van der Waals surface area (Å²) in [7, 11) is 0. The molecule has 0 aliphatic carbocycles. The lowest BCUT2D eigenvalue weighted by molar-refractivity contribution is -0.0680. The molecule has 2 aromatic carbocycles. The number of nitrogens with zero attached hydrogens (tertiary/aromatic N) is 3. The van der Waals surface area contributed by atoms with Gasteiger partial charge in [0.05, 0.1) is 6.04 Å². The van der Waals surface area contributed by atoms with Gasteiger partial charge in [0, 0.05) is 37.5 Å². The molecule has 1 aromatic heterocycles. The topological polar surface area (TPSA) is 75.6 Å². The van der Waals surface area contributed by atoms with E-state index in [-0.39, 0.29) is 18.5 Å². The molecule has 1 saturated heterocycles. The summed E-state index contributed by atoms with van der Waals surface area (Å²) in [4.78, 5) is 23.3. The number of ether oxygens (including phenoxy) is 1. The number of cyclic esters (lactones) is 1. The fraction of sp³-hybridized carbons (Fsp3) is 0.346. The number of aliphatic hydroxyl groups excluding tert-OH is 1. The van der Waals surface area contributed by atoms with Gasteiger partial charge in [-0.2, -0.15) is 0 Å². The van der Waals surface area contributed by atoms with E-state index in [9.17, 15) is 14.3 Å². The standard InChI is InChI=1S/C26H28FN3O3/c1-18(20-4-6-21(7-5-20)22-16-28-19(2)29-17-22)30-14-13-26(12-3-15-31,33-25(30)32)23-8-10-24(27)11-9-23/h4-11,16-18,31H,3,12-15H2,1-2H3/t18-,26+/m0/s1. The summed E-state index contributed by atoms with van der Waals surface area (Å²) in [6.45, 7) is 4.32. The first-order valence-corrected chi connectivity index (χ1v) is 11.2. The molecule has 7 heteroatoms. The number of halogens is 1. The van der Waals surface area contributed by atoms with Gasteiger partial charge >= 0.3 is 6.09 Å². The molecule has 2 atom stereocenters. The van der Waals surface area contributed by atoms with Crippen molar-refractivity contribution in [3.8, 4) is 11.1 Å². The van der Waals surface area contributed by atoms with Crippen LogP contribution < -0.4 is 0 Å². The molecule has 0 radical (unpaired) electrons. The van der Waals surface area contributed by atoms with E-state index in [4.69, 9.17) is 4.74 Å². The van der Waals surface area contributed by atoms with Gasteiger partial charge in [-0.1, -0.05) is 36.4 Å². The third-order valence-electron chi connectivity index (χ3n) is 6.36. The summed E-state index contributed by atoms with van der Waals surface area (Å²) in [5.41, 5.74) is 2.83. The van der Waals surface area contributed by atoms with Crippen molar-refractivity contribution in [1.29, 1.82) is 0 Å². The number of hydrogen-bond acceptors (Lipinski definition) is 5. The molecule has 4 rings (SSSR count). The van der Waals surface area contributed by atoms with Gasteiger partial charge in [0.1, 0.15) is 17.2 Å². The Balaban J connectivity index is 1.50. The first-order chi connectivity index (χ1) is 15.9. The van der Waals surface area contributed by atoms with Gasteiger partial charge in [0.15, 0.2) is 0 Å². The molecule has 0 unspecified atom stereocenters. The van der Waals surface area contributed by atoms with Crippen molar-refractivity contribution < 1.29 is 19.0 Å². The lowest BCUT2D eigenvalue weighted by Crippen LogP contribution is -2.48. The Labute approximate surface area is 193 Å². The van der Waals surface area contributed by atoms with Gasteiger partial charge in [-0.15, -0.1) is 0 Å². The van der Waals surface area contributed by atoms with E-state index in [0.29, 0.717) is 25.8 Å². The van der Waals surface area contributed by atoms with Crippen LogP contribution in [0, 0.1) is 12.7 Å². The second kappa shape index (κ2) is 9.67. The van der Waals surface area contributed by atoms with Crippen molar-refractivity contribution in [1.82, 2.24) is 14.9 Å². The van der Waals surface area contributed by atoms with Crippen LogP contribution in [0.1, 0.15) is 49.2 Å². The van der Waals surface area contributed by atoms with E-state index >= 15 is 0 Å². The van der Waals surface area contributed by atoms with Crippen LogP contribution in [-0.4, -0.2) is 39.2 Å². The minimum Gasteiger partial charge on any atom is -0.438 e. The number of aliphatic hydroxyl groups is 1. The van der Waals surface area contributed by atoms with E-state index in [2.05, 4.69) is 9.97 Å². The highest BCUT2D eigenvalue weighted by Gasteiger charge is 2.43. The van der Waals surface area contributed by atoms with Crippen molar-refractivity contribution in [3.05, 3.63) is 83.7 Å². The Morgan fingerprint density at radius 1 is 1.09 bits per heavy atom. The fourth-order valence-electron chi connectivity index (χ4n) is 4.34. The maximum atomic E-state index is 13.5. The Hall–Kier alpha value is -3.32. The first-order valence-electron chi connectivity index (χ1n) is 11.2. The van der Waals surface area contributed by atoms with Gasteiger partial charge < -0.3 is 14.7 Å². The summed E-state index contributed by atoms with van der Waals surface area (Å²) >= 11 is 0. The molecule has 0 bridgehead atoms. The van der Waals surface area contributed by atoms with Crippen LogP contribution in [0.25, 0.3) is 11.1 Å². The second-order valence-corrected chi connectivity index (χ2v) is 8.46. The van der Waals surface area contributed by atoms with E-state index in [1.807, 2.05) is 38.1 Å². The van der Waals surface area contributed by atoms with Crippen molar-refractivity contribution >= 4 is 6.09 Å². The van der Waals surface area contributed by atoms with Crippen LogP contribution in [0.15, 0.2) is 60.9 Å². The molecule has 1 aliphatic heterocycles. The normalized spacial score (nSPS) is 19.3. The quantitative estimate of drug-likeness (QED) is 0.539. The van der Waals surface area contributed by atoms with Crippen molar-refractivity contribution in [2.75, 3.05) is 13.2 Å². The summed E-state index contributed by atoms with van der Waals surface area (Å²) < 4.78 is 19.5. The fourth-order valence-corrected chi connectivity index (χ4v) is 4.34. The lowest BCUT2D eigenvalue weighted by atomic mass is 9.84. The Kier molecular flexibility index (Phi) is 6.70. The molecular formula is C26H28FN3O3. The largest absolute Gasteiger partial charge is 0.438 e. The molecule has 0 spiro atoms. The van der Waals surface area contributed by atoms with Crippen LogP contribution >= 0.6 is 0 Å². The summed E-state index contributed by atoms with van der Waals surface area (Å²) in [5, 5.41) is 9.36. The predicted octanol–water partition coefficient (Wildman–Crippen LogP) is 5.16. The minimum atomic E-state index is -0.862. The zero-order valence-corrected chi connectivity index (χ0v) is 18.9. The third-order valence-corrected chi connectivity index (χ3v) is 6.36. The van der Waals surface area contributed by atoms with Crippen LogP contribution in [0.5, 0.6) is 0 Å². The van der Waals surface area contributed by atoms with Crippen LogP contribution in [-0.2, 0) is 10.3 Å². The number of aryl methyl sites for hydroxylation is 1. The van der Waals surface area contributed by atoms with Gasteiger partial charge in [-0.05, 0) is 55.5 Å². The third kappa shape index (κ3) is 4.88. The zero-order valence-electron chi connectivity index (χ0n) is 18.9. The lowest BCUT2D eigenvalue weighted by Gasteiger charge is -2.43. The number of hydrogen-bond donors (Lipinski definition) is 1. The van der Waals surface area contributed by atoms with E-state index in [1.54, 1.807) is 29.4 Å². The van der Waals surface area contributed by atoms with Crippen molar-refractivity contribution in [3.63, 3.8) is 0 Å². The average Bonchev–Trinajstić information content (AvgIpc) is 2.83. The number of aromatic nitrogens is 2. The van der Waals surface area contributed by atoms with Gasteiger partial charge in [0.25, 0.3) is 0 Å². The molecule has 33 heavy (non-hydrogen) atoms. The number of benzene rings is 2. The van der Waals surface area contributed by atoms with Crippen molar-refractivity contribution in [2.24, 2.45) is 0 Å². The smallest absolute Gasteiger partial charge is 0.411 e. The zero-order chi connectivity index (χ0) is 23.4. The second-order valence-electron chi connectivity index (χ2n) is 8.46. The number of carbonyl (C=O) groups is 1. The van der Waals surface area contributed by atoms with Gasteiger partial charge in [0.2, 0.25) is 0 Å². The highest BCUT2D eigenvalue weighted by Crippen LogP contribution is 2.40. The monoisotopic (exact) mass is 449 g/mol. The minimum absolute atomic E-state index is 0.00101. The Morgan fingerprint density at radius 2 is 1.76 bits per heavy atom. The van der Waals surface area contributed by atoms with Gasteiger partial charge in [-0.25, -0.2) is 19.2 Å². The summed E-state index contributed by atoms with van der Waals surface area (Å²) in [6.07, 6.45) is 4.72. The SMILES string of the molecule is Cc1ncc(-c2ccc([C@H](C)N3CC[C@](CCCO)(c4ccc(F)cc4)OC3=O)cc2)cn1. The van der Waals surface area contributed by atoms with Crippen molar-refractivity contribution in [2.45, 2.75) is 44.8 Å². The number of rotatable bonds is 7.